The first-order valence-corrected chi connectivity index (χ1v) is 9.95. The van der Waals surface area contributed by atoms with E-state index in [-0.39, 0.29) is 5.41 Å². The molecule has 5 heteroatoms. The lowest BCUT2D eigenvalue weighted by Gasteiger charge is -2.34. The Balaban J connectivity index is 1.67. The van der Waals surface area contributed by atoms with Gasteiger partial charge in [-0.1, -0.05) is 42.5 Å². The van der Waals surface area contributed by atoms with Crippen molar-refractivity contribution in [1.29, 1.82) is 0 Å². The number of carbonyl (C=O) groups excluding carboxylic acids is 1. The van der Waals surface area contributed by atoms with E-state index in [1.165, 1.54) is 30.0 Å². The first-order chi connectivity index (χ1) is 14.3. The molecule has 2 aliphatic carbocycles. The maximum atomic E-state index is 10.9. The predicted octanol–water partition coefficient (Wildman–Crippen LogP) is 4.08. The van der Waals surface area contributed by atoms with Gasteiger partial charge in [0.15, 0.2) is 5.82 Å². The zero-order valence-electron chi connectivity index (χ0n) is 16.0. The number of allylic oxidation sites excluding steroid dienone is 2. The quantitative estimate of drug-likeness (QED) is 0.516. The van der Waals surface area contributed by atoms with E-state index in [4.69, 9.17) is 5.10 Å². The number of carbonyl (C=O) groups is 1. The third kappa shape index (κ3) is 3.18. The number of nitrogens with one attached hydrogen (secondary N) is 1. The van der Waals surface area contributed by atoms with Crippen molar-refractivity contribution >= 4 is 24.4 Å². The van der Waals surface area contributed by atoms with Gasteiger partial charge in [0.05, 0.1) is 5.69 Å². The molecule has 1 aromatic carbocycles. The lowest BCUT2D eigenvalue weighted by atomic mass is 9.69. The molecule has 0 saturated heterocycles. The molecule has 1 saturated carbocycles. The summed E-state index contributed by atoms with van der Waals surface area (Å²) in [6, 6.07) is 15.2. The number of anilines is 1. The summed E-state index contributed by atoms with van der Waals surface area (Å²) >= 11 is 0. The van der Waals surface area contributed by atoms with Gasteiger partial charge in [0, 0.05) is 42.0 Å². The predicted molar refractivity (Wildman–Crippen MR) is 114 cm³/mol. The Hall–Kier alpha value is -3.47. The second-order valence-corrected chi connectivity index (χ2v) is 7.63. The number of rotatable bonds is 6. The molecule has 2 aliphatic rings. The van der Waals surface area contributed by atoms with Crippen molar-refractivity contribution in [2.24, 2.45) is 0 Å². The van der Waals surface area contributed by atoms with Gasteiger partial charge in [0.2, 0.25) is 0 Å². The number of pyridine rings is 1. The molecule has 2 aromatic heterocycles. The highest BCUT2D eigenvalue weighted by Crippen LogP contribution is 2.43. The molecule has 0 aliphatic heterocycles. The van der Waals surface area contributed by atoms with Crippen LogP contribution in [0.3, 0.4) is 0 Å². The molecule has 1 fully saturated rings. The van der Waals surface area contributed by atoms with Gasteiger partial charge in [0.25, 0.3) is 0 Å². The van der Waals surface area contributed by atoms with Crippen LogP contribution in [-0.2, 0) is 16.6 Å². The molecular formula is C24H22N4O. The summed E-state index contributed by atoms with van der Waals surface area (Å²) in [5.74, 6) is 0.894. The van der Waals surface area contributed by atoms with Gasteiger partial charge in [-0.25, -0.2) is 4.68 Å². The van der Waals surface area contributed by atoms with Crippen molar-refractivity contribution in [3.05, 3.63) is 89.4 Å². The summed E-state index contributed by atoms with van der Waals surface area (Å²) in [6.45, 7) is 0. The second-order valence-electron chi connectivity index (χ2n) is 7.63. The average Bonchev–Trinajstić information content (AvgIpc) is 3.54. The maximum Gasteiger partial charge on any atom is 0.156 e. The number of nitrogens with zero attached hydrogens (tertiary/aromatic N) is 3. The molecule has 3 aromatic rings. The number of benzene rings is 1. The van der Waals surface area contributed by atoms with Crippen molar-refractivity contribution < 1.29 is 4.79 Å². The van der Waals surface area contributed by atoms with Crippen LogP contribution in [0.1, 0.15) is 35.2 Å². The number of hydrogen-bond acceptors (Lipinski definition) is 4. The highest BCUT2D eigenvalue weighted by molar-refractivity contribution is 5.74. The Morgan fingerprint density at radius 2 is 1.83 bits per heavy atom. The van der Waals surface area contributed by atoms with Gasteiger partial charge in [-0.05, 0) is 42.2 Å². The van der Waals surface area contributed by atoms with Crippen LogP contribution in [0.15, 0.2) is 67.0 Å². The summed E-state index contributed by atoms with van der Waals surface area (Å²) < 4.78 is 1.84. The molecule has 2 heterocycles. The Kier molecular flexibility index (Phi) is 4.35. The van der Waals surface area contributed by atoms with Gasteiger partial charge in [-0.2, -0.15) is 5.10 Å². The molecule has 5 nitrogen and oxygen atoms in total. The fourth-order valence-electron chi connectivity index (χ4n) is 4.10. The van der Waals surface area contributed by atoms with Crippen LogP contribution >= 0.6 is 0 Å². The van der Waals surface area contributed by atoms with E-state index in [1.807, 2.05) is 23.1 Å². The Labute approximate surface area is 169 Å². The Morgan fingerprint density at radius 3 is 2.55 bits per heavy atom. The minimum Gasteiger partial charge on any atom is -0.365 e. The van der Waals surface area contributed by atoms with Crippen LogP contribution in [0.2, 0.25) is 0 Å². The molecule has 0 spiro atoms. The van der Waals surface area contributed by atoms with Crippen LogP contribution in [0, 0.1) is 0 Å². The van der Waals surface area contributed by atoms with E-state index in [9.17, 15) is 4.79 Å². The summed E-state index contributed by atoms with van der Waals surface area (Å²) in [5, 5.41) is 8.29. The van der Waals surface area contributed by atoms with Gasteiger partial charge in [-0.15, -0.1) is 0 Å². The van der Waals surface area contributed by atoms with Gasteiger partial charge < -0.3 is 5.32 Å². The maximum absolute atomic E-state index is 10.9. The van der Waals surface area contributed by atoms with Crippen molar-refractivity contribution in [3.8, 4) is 0 Å². The third-order valence-electron chi connectivity index (χ3n) is 5.74. The van der Waals surface area contributed by atoms with E-state index < -0.39 is 0 Å². The standard InChI is InChI=1S/C24H22N4O/c29-16-4-15-28-22-17-24(18-5-2-1-3-6-18,19-10-13-25-14-11-19)12-9-21(22)23(27-28)26-20-7-8-20/h1-6,9-16,20H,7-8,17H2,(H,26,27). The van der Waals surface area contributed by atoms with Crippen molar-refractivity contribution in [3.63, 3.8) is 0 Å². The summed E-state index contributed by atoms with van der Waals surface area (Å²) in [6.07, 6.45) is 15.3. The molecule has 0 radical (unpaired) electrons. The molecule has 1 N–H and O–H groups in total. The third-order valence-corrected chi connectivity index (χ3v) is 5.74. The fraction of sp³-hybridized carbons (Fsp3) is 0.208. The molecule has 0 bridgehead atoms. The van der Waals surface area contributed by atoms with Crippen LogP contribution in [0.5, 0.6) is 0 Å². The first kappa shape index (κ1) is 17.6. The van der Waals surface area contributed by atoms with Crippen LogP contribution < -0.4 is 5.32 Å². The number of aromatic nitrogens is 3. The van der Waals surface area contributed by atoms with E-state index in [1.54, 1.807) is 6.20 Å². The normalized spacial score (nSPS) is 20.6. The largest absolute Gasteiger partial charge is 0.365 e. The first-order valence-electron chi connectivity index (χ1n) is 9.95. The van der Waals surface area contributed by atoms with Crippen molar-refractivity contribution in [1.82, 2.24) is 14.8 Å². The topological polar surface area (TPSA) is 59.8 Å². The number of aldehydes is 1. The highest BCUT2D eigenvalue weighted by Gasteiger charge is 2.38. The van der Waals surface area contributed by atoms with Crippen LogP contribution in [0.25, 0.3) is 12.3 Å². The molecular weight excluding hydrogens is 360 g/mol. The molecule has 144 valence electrons. The second kappa shape index (κ2) is 7.17. The van der Waals surface area contributed by atoms with Crippen molar-refractivity contribution in [2.45, 2.75) is 30.7 Å². The Morgan fingerprint density at radius 1 is 1.07 bits per heavy atom. The lowest BCUT2D eigenvalue weighted by molar-refractivity contribution is -0.104. The monoisotopic (exact) mass is 382 g/mol. The average molecular weight is 382 g/mol. The SMILES string of the molecule is O=CC=Cn1nc(NC2CC2)c2c1CC(c1ccccc1)(c1ccncc1)C=C2. The smallest absolute Gasteiger partial charge is 0.156 e. The van der Waals surface area contributed by atoms with Crippen LogP contribution in [-0.4, -0.2) is 27.1 Å². The van der Waals surface area contributed by atoms with E-state index in [0.29, 0.717) is 6.04 Å². The summed E-state index contributed by atoms with van der Waals surface area (Å²) in [4.78, 5) is 15.2. The zero-order valence-corrected chi connectivity index (χ0v) is 16.0. The fourth-order valence-corrected chi connectivity index (χ4v) is 4.10. The highest BCUT2D eigenvalue weighted by atomic mass is 16.1. The van der Waals surface area contributed by atoms with Gasteiger partial charge in [0.1, 0.15) is 6.29 Å². The van der Waals surface area contributed by atoms with E-state index in [2.05, 4.69) is 58.9 Å². The number of fused-ring (bicyclic) bond motifs is 1. The van der Waals surface area contributed by atoms with E-state index >= 15 is 0 Å². The van der Waals surface area contributed by atoms with Crippen molar-refractivity contribution in [2.75, 3.05) is 5.32 Å². The van der Waals surface area contributed by atoms with Gasteiger partial charge in [-0.3, -0.25) is 9.78 Å². The summed E-state index contributed by atoms with van der Waals surface area (Å²) in [5.41, 5.74) is 4.28. The molecule has 0 amide bonds. The van der Waals surface area contributed by atoms with Gasteiger partial charge >= 0.3 is 0 Å². The number of hydrogen-bond donors (Lipinski definition) is 1. The summed E-state index contributed by atoms with van der Waals surface area (Å²) in [7, 11) is 0. The minimum atomic E-state index is -0.319. The molecule has 1 unspecified atom stereocenters. The molecule has 1 atom stereocenters. The lowest BCUT2D eigenvalue weighted by Crippen LogP contribution is -2.31. The molecule has 29 heavy (non-hydrogen) atoms. The minimum absolute atomic E-state index is 0.319. The van der Waals surface area contributed by atoms with E-state index in [0.717, 1.165) is 29.8 Å². The van der Waals surface area contributed by atoms with Crippen LogP contribution in [0.4, 0.5) is 5.82 Å². The Bertz CT molecular complexity index is 1040. The zero-order chi connectivity index (χ0) is 19.7. The molecule has 5 rings (SSSR count).